The van der Waals surface area contributed by atoms with Crippen molar-refractivity contribution >= 4 is 11.3 Å². The van der Waals surface area contributed by atoms with Gasteiger partial charge in [-0.1, -0.05) is 50.6 Å². The lowest BCUT2D eigenvalue weighted by Gasteiger charge is -2.27. The highest BCUT2D eigenvalue weighted by atomic mass is 32.1. The van der Waals surface area contributed by atoms with Crippen molar-refractivity contribution < 1.29 is 0 Å². The van der Waals surface area contributed by atoms with E-state index in [0.717, 1.165) is 12.2 Å². The molecule has 2 aromatic rings. The maximum atomic E-state index is 4.75. The molecule has 0 saturated heterocycles. The van der Waals surface area contributed by atoms with E-state index >= 15 is 0 Å². The molecule has 1 saturated carbocycles. The van der Waals surface area contributed by atoms with Crippen molar-refractivity contribution in [1.82, 2.24) is 10.3 Å². The molecule has 3 heteroatoms. The lowest BCUT2D eigenvalue weighted by atomic mass is 9.87. The van der Waals surface area contributed by atoms with Gasteiger partial charge in [-0.2, -0.15) is 0 Å². The SMILES string of the molecule is CC1(C)CCCC1NCc1nc(-c2ccccc2)cs1. The number of rotatable bonds is 4. The summed E-state index contributed by atoms with van der Waals surface area (Å²) in [6, 6.07) is 11.0. The molecule has 0 bridgehead atoms. The molecular formula is C17H22N2S. The molecule has 106 valence electrons. The van der Waals surface area contributed by atoms with Crippen LogP contribution in [0.15, 0.2) is 35.7 Å². The first kappa shape index (κ1) is 13.8. The summed E-state index contributed by atoms with van der Waals surface area (Å²) < 4.78 is 0. The minimum Gasteiger partial charge on any atom is -0.307 e. The molecule has 1 unspecified atom stereocenters. The summed E-state index contributed by atoms with van der Waals surface area (Å²) in [5.74, 6) is 0. The molecule has 1 aromatic heterocycles. The fraction of sp³-hybridized carbons (Fsp3) is 0.471. The van der Waals surface area contributed by atoms with Gasteiger partial charge in [0.1, 0.15) is 5.01 Å². The Morgan fingerprint density at radius 1 is 1.30 bits per heavy atom. The van der Waals surface area contributed by atoms with Gasteiger partial charge in [-0.15, -0.1) is 11.3 Å². The van der Waals surface area contributed by atoms with E-state index in [1.54, 1.807) is 11.3 Å². The number of hydrogen-bond donors (Lipinski definition) is 1. The topological polar surface area (TPSA) is 24.9 Å². The molecular weight excluding hydrogens is 264 g/mol. The molecule has 1 atom stereocenters. The molecule has 1 aromatic carbocycles. The van der Waals surface area contributed by atoms with E-state index in [1.807, 2.05) is 6.07 Å². The summed E-state index contributed by atoms with van der Waals surface area (Å²) in [6.07, 6.45) is 3.97. The minimum absolute atomic E-state index is 0.430. The largest absolute Gasteiger partial charge is 0.307 e. The maximum absolute atomic E-state index is 4.75. The van der Waals surface area contributed by atoms with Crippen LogP contribution in [0.1, 0.15) is 38.1 Å². The van der Waals surface area contributed by atoms with Gasteiger partial charge in [0, 0.05) is 23.5 Å². The first-order valence-electron chi connectivity index (χ1n) is 7.38. The number of hydrogen-bond acceptors (Lipinski definition) is 3. The molecule has 0 amide bonds. The molecule has 1 N–H and O–H groups in total. The van der Waals surface area contributed by atoms with E-state index in [1.165, 1.54) is 29.8 Å². The van der Waals surface area contributed by atoms with E-state index in [-0.39, 0.29) is 0 Å². The van der Waals surface area contributed by atoms with Crippen molar-refractivity contribution in [2.45, 2.75) is 45.7 Å². The molecule has 1 fully saturated rings. The predicted molar refractivity (Wildman–Crippen MR) is 85.8 cm³/mol. The van der Waals surface area contributed by atoms with Crippen LogP contribution in [0.2, 0.25) is 0 Å². The predicted octanol–water partition coefficient (Wildman–Crippen LogP) is 4.48. The van der Waals surface area contributed by atoms with Crippen molar-refractivity contribution in [3.63, 3.8) is 0 Å². The number of thiazole rings is 1. The Hall–Kier alpha value is -1.19. The van der Waals surface area contributed by atoms with E-state index < -0.39 is 0 Å². The Morgan fingerprint density at radius 3 is 2.80 bits per heavy atom. The van der Waals surface area contributed by atoms with Crippen molar-refractivity contribution in [1.29, 1.82) is 0 Å². The Bertz CT molecular complexity index is 559. The maximum Gasteiger partial charge on any atom is 0.107 e. The molecule has 1 heterocycles. The van der Waals surface area contributed by atoms with Crippen LogP contribution in [0, 0.1) is 5.41 Å². The lowest BCUT2D eigenvalue weighted by Crippen LogP contribution is -2.37. The fourth-order valence-electron chi connectivity index (χ4n) is 3.05. The zero-order valence-electron chi connectivity index (χ0n) is 12.2. The smallest absolute Gasteiger partial charge is 0.107 e. The Kier molecular flexibility index (Phi) is 3.90. The molecule has 1 aliphatic carbocycles. The standard InChI is InChI=1S/C17H22N2S/c1-17(2)10-6-9-15(17)18-11-16-19-14(12-20-16)13-7-4-3-5-8-13/h3-5,7-8,12,15,18H,6,9-11H2,1-2H3. The van der Waals surface area contributed by atoms with Gasteiger partial charge in [0.15, 0.2) is 0 Å². The van der Waals surface area contributed by atoms with Crippen LogP contribution in [0.25, 0.3) is 11.3 Å². The molecule has 0 aliphatic heterocycles. The number of aromatic nitrogens is 1. The van der Waals surface area contributed by atoms with Gasteiger partial charge in [-0.25, -0.2) is 4.98 Å². The number of nitrogens with one attached hydrogen (secondary N) is 1. The second kappa shape index (κ2) is 5.66. The number of nitrogens with zero attached hydrogens (tertiary/aromatic N) is 1. The van der Waals surface area contributed by atoms with Gasteiger partial charge >= 0.3 is 0 Å². The van der Waals surface area contributed by atoms with Crippen LogP contribution in [0.5, 0.6) is 0 Å². The van der Waals surface area contributed by atoms with Crippen LogP contribution in [0.3, 0.4) is 0 Å². The van der Waals surface area contributed by atoms with Gasteiger partial charge < -0.3 is 5.32 Å². The summed E-state index contributed by atoms with van der Waals surface area (Å²) in [5.41, 5.74) is 2.73. The van der Waals surface area contributed by atoms with E-state index in [0.29, 0.717) is 11.5 Å². The minimum atomic E-state index is 0.430. The zero-order valence-corrected chi connectivity index (χ0v) is 13.0. The van der Waals surface area contributed by atoms with Crippen LogP contribution in [-0.2, 0) is 6.54 Å². The zero-order chi connectivity index (χ0) is 14.0. The number of benzene rings is 1. The molecule has 0 spiro atoms. The van der Waals surface area contributed by atoms with Crippen LogP contribution >= 0.6 is 11.3 Å². The highest BCUT2D eigenvalue weighted by molar-refractivity contribution is 7.09. The van der Waals surface area contributed by atoms with Crippen LogP contribution in [0.4, 0.5) is 0 Å². The lowest BCUT2D eigenvalue weighted by molar-refractivity contribution is 0.282. The Morgan fingerprint density at radius 2 is 2.10 bits per heavy atom. The molecule has 20 heavy (non-hydrogen) atoms. The van der Waals surface area contributed by atoms with E-state index in [2.05, 4.69) is 48.8 Å². The van der Waals surface area contributed by atoms with Crippen molar-refractivity contribution in [3.05, 3.63) is 40.7 Å². The van der Waals surface area contributed by atoms with Gasteiger partial charge in [-0.3, -0.25) is 0 Å². The van der Waals surface area contributed by atoms with Gasteiger partial charge in [0.25, 0.3) is 0 Å². The summed E-state index contributed by atoms with van der Waals surface area (Å²) >= 11 is 1.75. The first-order valence-corrected chi connectivity index (χ1v) is 8.26. The summed E-state index contributed by atoms with van der Waals surface area (Å²) in [4.78, 5) is 4.75. The third-order valence-electron chi connectivity index (χ3n) is 4.38. The van der Waals surface area contributed by atoms with Gasteiger partial charge in [-0.05, 0) is 18.3 Å². The summed E-state index contributed by atoms with van der Waals surface area (Å²) in [5, 5.41) is 7.05. The summed E-state index contributed by atoms with van der Waals surface area (Å²) in [7, 11) is 0. The third-order valence-corrected chi connectivity index (χ3v) is 5.23. The van der Waals surface area contributed by atoms with Gasteiger partial charge in [0.2, 0.25) is 0 Å². The monoisotopic (exact) mass is 286 g/mol. The van der Waals surface area contributed by atoms with Crippen LogP contribution < -0.4 is 5.32 Å². The Labute approximate surface area is 125 Å². The molecule has 1 aliphatic rings. The van der Waals surface area contributed by atoms with Gasteiger partial charge in [0.05, 0.1) is 5.69 Å². The normalized spacial score (nSPS) is 21.2. The quantitative estimate of drug-likeness (QED) is 0.896. The van der Waals surface area contributed by atoms with E-state index in [4.69, 9.17) is 4.98 Å². The first-order chi connectivity index (χ1) is 9.65. The Balaban J connectivity index is 1.64. The summed E-state index contributed by atoms with van der Waals surface area (Å²) in [6.45, 7) is 5.63. The average Bonchev–Trinajstić information content (AvgIpc) is 3.04. The third kappa shape index (κ3) is 2.94. The van der Waals surface area contributed by atoms with Crippen molar-refractivity contribution in [2.75, 3.05) is 0 Å². The molecule has 0 radical (unpaired) electrons. The van der Waals surface area contributed by atoms with E-state index in [9.17, 15) is 0 Å². The highest BCUT2D eigenvalue weighted by Crippen LogP contribution is 2.37. The van der Waals surface area contributed by atoms with Crippen molar-refractivity contribution in [2.24, 2.45) is 5.41 Å². The molecule has 2 nitrogen and oxygen atoms in total. The highest BCUT2D eigenvalue weighted by Gasteiger charge is 2.33. The molecule has 3 rings (SSSR count). The second-order valence-electron chi connectivity index (χ2n) is 6.31. The fourth-order valence-corrected chi connectivity index (χ4v) is 3.80. The average molecular weight is 286 g/mol. The van der Waals surface area contributed by atoms with Crippen molar-refractivity contribution in [3.8, 4) is 11.3 Å². The van der Waals surface area contributed by atoms with Crippen LogP contribution in [-0.4, -0.2) is 11.0 Å². The second-order valence-corrected chi connectivity index (χ2v) is 7.25.